The number of hydrogen-bond donors (Lipinski definition) is 2. The third-order valence-corrected chi connectivity index (χ3v) is 4.23. The minimum absolute atomic E-state index is 0.168. The lowest BCUT2D eigenvalue weighted by Gasteiger charge is -2.33. The molecule has 1 aliphatic rings. The van der Waals surface area contributed by atoms with Crippen LogP contribution in [0.15, 0.2) is 18.2 Å². The van der Waals surface area contributed by atoms with Gasteiger partial charge < -0.3 is 15.3 Å². The molecule has 1 heterocycles. The van der Waals surface area contributed by atoms with Gasteiger partial charge in [0.25, 0.3) is 0 Å². The van der Waals surface area contributed by atoms with E-state index >= 15 is 0 Å². The number of carbonyl (C=O) groups is 1. The molecule has 0 aromatic heterocycles. The van der Waals surface area contributed by atoms with Crippen LogP contribution in [0.3, 0.4) is 0 Å². The van der Waals surface area contributed by atoms with Crippen LogP contribution < -0.4 is 5.32 Å². The largest absolute Gasteiger partial charge is 0.393 e. The fourth-order valence-electron chi connectivity index (χ4n) is 2.37. The van der Waals surface area contributed by atoms with E-state index < -0.39 is 0 Å². The highest BCUT2D eigenvalue weighted by atomic mass is 35.5. The van der Waals surface area contributed by atoms with Gasteiger partial charge in [-0.25, -0.2) is 4.79 Å². The maximum absolute atomic E-state index is 12.1. The summed E-state index contributed by atoms with van der Waals surface area (Å²) in [5.41, 5.74) is 0.554. The Balaban J connectivity index is 1.93. The van der Waals surface area contributed by atoms with Crippen molar-refractivity contribution in [2.24, 2.45) is 5.92 Å². The molecular formula is C14H18Cl2N2O2. The summed E-state index contributed by atoms with van der Waals surface area (Å²) in [6, 6.07) is 4.80. The molecule has 2 N–H and O–H groups in total. The van der Waals surface area contributed by atoms with Gasteiger partial charge in [-0.2, -0.15) is 0 Å². The number of halogens is 2. The van der Waals surface area contributed by atoms with Crippen molar-refractivity contribution in [1.82, 2.24) is 4.90 Å². The predicted molar refractivity (Wildman–Crippen MR) is 81.5 cm³/mol. The first-order valence-corrected chi connectivity index (χ1v) is 7.42. The van der Waals surface area contributed by atoms with Crippen LogP contribution in [0.25, 0.3) is 0 Å². The van der Waals surface area contributed by atoms with Gasteiger partial charge in [-0.15, -0.1) is 0 Å². The van der Waals surface area contributed by atoms with E-state index in [4.69, 9.17) is 23.2 Å². The summed E-state index contributed by atoms with van der Waals surface area (Å²) >= 11 is 11.8. The fourth-order valence-corrected chi connectivity index (χ4v) is 2.83. The lowest BCUT2D eigenvalue weighted by atomic mass is 9.92. The summed E-state index contributed by atoms with van der Waals surface area (Å²) in [5, 5.41) is 13.3. The number of benzene rings is 1. The zero-order valence-corrected chi connectivity index (χ0v) is 12.8. The molecule has 1 aromatic carbocycles. The third-order valence-electron chi connectivity index (χ3n) is 3.68. The minimum atomic E-state index is -0.314. The van der Waals surface area contributed by atoms with Crippen LogP contribution in [0, 0.1) is 5.92 Å². The maximum atomic E-state index is 12.1. The van der Waals surface area contributed by atoms with E-state index in [2.05, 4.69) is 5.32 Å². The molecule has 1 aromatic rings. The van der Waals surface area contributed by atoms with E-state index in [9.17, 15) is 9.90 Å². The fraction of sp³-hybridized carbons (Fsp3) is 0.500. The van der Waals surface area contributed by atoms with E-state index in [0.717, 1.165) is 12.8 Å². The molecule has 2 rings (SSSR count). The van der Waals surface area contributed by atoms with E-state index in [-0.39, 0.29) is 18.1 Å². The molecule has 1 unspecified atom stereocenters. The number of amides is 2. The van der Waals surface area contributed by atoms with Gasteiger partial charge in [0.1, 0.15) is 0 Å². The number of carbonyl (C=O) groups excluding carboxylic acids is 1. The Labute approximate surface area is 128 Å². The molecule has 20 heavy (non-hydrogen) atoms. The summed E-state index contributed by atoms with van der Waals surface area (Å²) in [4.78, 5) is 13.9. The van der Waals surface area contributed by atoms with E-state index in [0.29, 0.717) is 28.8 Å². The number of aliphatic hydroxyl groups excluding tert-OH is 1. The molecule has 0 spiro atoms. The molecule has 1 fully saturated rings. The van der Waals surface area contributed by atoms with Gasteiger partial charge >= 0.3 is 6.03 Å². The number of hydrogen-bond acceptors (Lipinski definition) is 2. The minimum Gasteiger partial charge on any atom is -0.393 e. The highest BCUT2D eigenvalue weighted by Gasteiger charge is 2.25. The molecule has 0 bridgehead atoms. The van der Waals surface area contributed by atoms with Crippen molar-refractivity contribution in [2.45, 2.75) is 25.9 Å². The van der Waals surface area contributed by atoms with Crippen LogP contribution >= 0.6 is 23.2 Å². The standard InChI is InChI=1S/C14H18Cl2N2O2/c1-9(19)10-4-6-18(7-5-10)14(20)17-13-3-2-11(15)8-12(13)16/h2-3,8-10,19H,4-7H2,1H3,(H,17,20). The van der Waals surface area contributed by atoms with Crippen LogP contribution in [0.5, 0.6) is 0 Å². The topological polar surface area (TPSA) is 52.6 Å². The van der Waals surface area contributed by atoms with Gasteiger partial charge in [0, 0.05) is 18.1 Å². The highest BCUT2D eigenvalue weighted by Crippen LogP contribution is 2.26. The van der Waals surface area contributed by atoms with E-state index in [1.807, 2.05) is 0 Å². The zero-order chi connectivity index (χ0) is 14.7. The van der Waals surface area contributed by atoms with Gasteiger partial charge in [0.05, 0.1) is 16.8 Å². The number of rotatable bonds is 2. The lowest BCUT2D eigenvalue weighted by Crippen LogP contribution is -2.42. The molecule has 1 aliphatic heterocycles. The number of likely N-dealkylation sites (tertiary alicyclic amines) is 1. The average Bonchev–Trinajstić information content (AvgIpc) is 2.42. The van der Waals surface area contributed by atoms with E-state index in [1.54, 1.807) is 30.0 Å². The molecular weight excluding hydrogens is 299 g/mol. The van der Waals surface area contributed by atoms with Crippen molar-refractivity contribution >= 4 is 34.9 Å². The maximum Gasteiger partial charge on any atom is 0.321 e. The lowest BCUT2D eigenvalue weighted by molar-refractivity contribution is 0.0820. The summed E-state index contributed by atoms with van der Waals surface area (Å²) in [6.07, 6.45) is 1.32. The SMILES string of the molecule is CC(O)C1CCN(C(=O)Nc2ccc(Cl)cc2Cl)CC1. The summed E-state index contributed by atoms with van der Waals surface area (Å²) in [6.45, 7) is 3.09. The van der Waals surface area contributed by atoms with Crippen molar-refractivity contribution in [2.75, 3.05) is 18.4 Å². The van der Waals surface area contributed by atoms with Crippen LogP contribution in [0.2, 0.25) is 10.0 Å². The Bertz CT molecular complexity index is 486. The second-order valence-corrected chi connectivity index (χ2v) is 5.96. The highest BCUT2D eigenvalue weighted by molar-refractivity contribution is 6.36. The van der Waals surface area contributed by atoms with Crippen LogP contribution in [-0.4, -0.2) is 35.2 Å². The number of urea groups is 1. The number of nitrogens with zero attached hydrogens (tertiary/aromatic N) is 1. The summed E-state index contributed by atoms with van der Waals surface area (Å²) < 4.78 is 0. The third kappa shape index (κ3) is 3.78. The Hall–Kier alpha value is -0.970. The van der Waals surface area contributed by atoms with Gasteiger partial charge in [0.15, 0.2) is 0 Å². The van der Waals surface area contributed by atoms with Crippen LogP contribution in [-0.2, 0) is 0 Å². The van der Waals surface area contributed by atoms with Crippen molar-refractivity contribution in [3.05, 3.63) is 28.2 Å². The Morgan fingerprint density at radius 3 is 2.60 bits per heavy atom. The molecule has 1 atom stereocenters. The molecule has 1 saturated heterocycles. The number of aliphatic hydroxyl groups is 1. The van der Waals surface area contributed by atoms with Gasteiger partial charge in [0.2, 0.25) is 0 Å². The normalized spacial score (nSPS) is 17.9. The van der Waals surface area contributed by atoms with Crippen LogP contribution in [0.1, 0.15) is 19.8 Å². The molecule has 2 amide bonds. The second-order valence-electron chi connectivity index (χ2n) is 5.12. The predicted octanol–water partition coefficient (Wildman–Crippen LogP) is 3.62. The Morgan fingerprint density at radius 2 is 2.05 bits per heavy atom. The number of nitrogens with one attached hydrogen (secondary N) is 1. The first-order chi connectivity index (χ1) is 9.47. The first kappa shape index (κ1) is 15.4. The average molecular weight is 317 g/mol. The van der Waals surface area contributed by atoms with Crippen molar-refractivity contribution in [3.63, 3.8) is 0 Å². The smallest absolute Gasteiger partial charge is 0.321 e. The molecule has 6 heteroatoms. The molecule has 0 aliphatic carbocycles. The van der Waals surface area contributed by atoms with Crippen LogP contribution in [0.4, 0.5) is 10.5 Å². The monoisotopic (exact) mass is 316 g/mol. The molecule has 4 nitrogen and oxygen atoms in total. The molecule has 110 valence electrons. The molecule has 0 saturated carbocycles. The van der Waals surface area contributed by atoms with Gasteiger partial charge in [-0.05, 0) is 43.9 Å². The van der Waals surface area contributed by atoms with Gasteiger partial charge in [-0.3, -0.25) is 0 Å². The number of anilines is 1. The van der Waals surface area contributed by atoms with Crippen molar-refractivity contribution in [1.29, 1.82) is 0 Å². The van der Waals surface area contributed by atoms with Crippen molar-refractivity contribution in [3.8, 4) is 0 Å². The Morgan fingerprint density at radius 1 is 1.40 bits per heavy atom. The summed E-state index contributed by atoms with van der Waals surface area (Å²) in [5.74, 6) is 0.276. The van der Waals surface area contributed by atoms with E-state index in [1.165, 1.54) is 0 Å². The number of piperidine rings is 1. The second kappa shape index (κ2) is 6.66. The molecule has 0 radical (unpaired) electrons. The Kier molecular flexibility index (Phi) is 5.13. The quantitative estimate of drug-likeness (QED) is 0.875. The zero-order valence-electron chi connectivity index (χ0n) is 11.3. The van der Waals surface area contributed by atoms with Gasteiger partial charge in [-0.1, -0.05) is 23.2 Å². The first-order valence-electron chi connectivity index (χ1n) is 6.66. The van der Waals surface area contributed by atoms with Crippen molar-refractivity contribution < 1.29 is 9.90 Å². The summed E-state index contributed by atoms with van der Waals surface area (Å²) in [7, 11) is 0.